The van der Waals surface area contributed by atoms with Crippen LogP contribution in [0.2, 0.25) is 0 Å². The van der Waals surface area contributed by atoms with Crippen molar-refractivity contribution in [1.82, 2.24) is 0 Å². The van der Waals surface area contributed by atoms with Crippen LogP contribution in [0.4, 0.5) is 0 Å². The average molecular weight is 217 g/mol. The van der Waals surface area contributed by atoms with Gasteiger partial charge in [-0.2, -0.15) is 5.26 Å². The molecule has 0 saturated carbocycles. The van der Waals surface area contributed by atoms with Crippen LogP contribution in [0.3, 0.4) is 0 Å². The summed E-state index contributed by atoms with van der Waals surface area (Å²) in [5, 5.41) is 8.77. The maximum atomic E-state index is 8.77. The quantitative estimate of drug-likeness (QED) is 0.544. The lowest BCUT2D eigenvalue weighted by Gasteiger charge is -1.98. The molecule has 1 aromatic rings. The Kier molecular flexibility index (Phi) is 4.95. The molecule has 0 aromatic carbocycles. The van der Waals surface area contributed by atoms with Crippen LogP contribution in [0.1, 0.15) is 47.9 Å². The molecule has 0 bridgehead atoms. The molecule has 0 aliphatic heterocycles. The number of unbranched alkanes of at least 4 members (excludes halogenated alkanes) is 3. The Morgan fingerprint density at radius 2 is 2.20 bits per heavy atom. The predicted octanol–water partition coefficient (Wildman–Crippen LogP) is 3.72. The second-order valence-corrected chi connectivity index (χ2v) is 4.58. The Bertz CT molecular complexity index is 390. The van der Waals surface area contributed by atoms with Gasteiger partial charge in [-0.25, -0.2) is 0 Å². The van der Waals surface area contributed by atoms with E-state index in [-0.39, 0.29) is 0 Å². The SMILES string of the molecule is C#Cc1sc(C#N)cc1CCCCCC. The van der Waals surface area contributed by atoms with Crippen LogP contribution < -0.4 is 0 Å². The van der Waals surface area contributed by atoms with E-state index < -0.39 is 0 Å². The normalized spacial score (nSPS) is 9.53. The Labute approximate surface area is 95.7 Å². The highest BCUT2D eigenvalue weighted by molar-refractivity contribution is 7.13. The Morgan fingerprint density at radius 1 is 1.40 bits per heavy atom. The van der Waals surface area contributed by atoms with E-state index in [9.17, 15) is 0 Å². The minimum atomic E-state index is 0.730. The second kappa shape index (κ2) is 6.27. The Hall–Kier alpha value is -1.25. The van der Waals surface area contributed by atoms with Gasteiger partial charge in [0.2, 0.25) is 0 Å². The second-order valence-electron chi connectivity index (χ2n) is 3.53. The molecule has 0 aliphatic carbocycles. The van der Waals surface area contributed by atoms with E-state index in [1.165, 1.54) is 42.6 Å². The van der Waals surface area contributed by atoms with Gasteiger partial charge in [-0.15, -0.1) is 17.8 Å². The zero-order chi connectivity index (χ0) is 11.1. The highest BCUT2D eigenvalue weighted by Gasteiger charge is 2.06. The molecule has 78 valence electrons. The van der Waals surface area contributed by atoms with Crippen molar-refractivity contribution in [2.45, 2.75) is 39.0 Å². The topological polar surface area (TPSA) is 23.8 Å². The highest BCUT2D eigenvalue weighted by atomic mass is 32.1. The minimum absolute atomic E-state index is 0.730. The first-order valence-electron chi connectivity index (χ1n) is 5.31. The molecule has 1 aromatic heterocycles. The fourth-order valence-electron chi connectivity index (χ4n) is 1.53. The third kappa shape index (κ3) is 3.42. The molecule has 0 spiro atoms. The molecule has 0 N–H and O–H groups in total. The van der Waals surface area contributed by atoms with E-state index in [1.54, 1.807) is 0 Å². The largest absolute Gasteiger partial charge is 0.192 e. The van der Waals surface area contributed by atoms with Crippen LogP contribution >= 0.6 is 11.3 Å². The molecule has 0 amide bonds. The fraction of sp³-hybridized carbons (Fsp3) is 0.462. The summed E-state index contributed by atoms with van der Waals surface area (Å²) in [6, 6.07) is 4.08. The van der Waals surface area contributed by atoms with Crippen molar-refractivity contribution >= 4 is 11.3 Å². The monoisotopic (exact) mass is 217 g/mol. The Morgan fingerprint density at radius 3 is 2.80 bits per heavy atom. The maximum absolute atomic E-state index is 8.77. The van der Waals surface area contributed by atoms with Gasteiger partial charge in [0.05, 0.1) is 4.88 Å². The number of aryl methyl sites for hydroxylation is 1. The molecule has 15 heavy (non-hydrogen) atoms. The number of nitriles is 1. The third-order valence-electron chi connectivity index (χ3n) is 2.35. The van der Waals surface area contributed by atoms with Crippen LogP contribution in [-0.4, -0.2) is 0 Å². The number of hydrogen-bond acceptors (Lipinski definition) is 2. The van der Waals surface area contributed by atoms with E-state index in [2.05, 4.69) is 18.9 Å². The van der Waals surface area contributed by atoms with Gasteiger partial charge < -0.3 is 0 Å². The summed E-state index contributed by atoms with van der Waals surface area (Å²) >= 11 is 1.43. The van der Waals surface area contributed by atoms with Crippen molar-refractivity contribution in [3.05, 3.63) is 21.4 Å². The van der Waals surface area contributed by atoms with Gasteiger partial charge >= 0.3 is 0 Å². The first-order chi connectivity index (χ1) is 7.31. The van der Waals surface area contributed by atoms with Gasteiger partial charge in [-0.3, -0.25) is 0 Å². The molecule has 1 rings (SSSR count). The van der Waals surface area contributed by atoms with Crippen LogP contribution in [0.5, 0.6) is 0 Å². The lowest BCUT2D eigenvalue weighted by molar-refractivity contribution is 0.667. The average Bonchev–Trinajstić information content (AvgIpc) is 2.67. The van der Waals surface area contributed by atoms with Crippen LogP contribution in [0.25, 0.3) is 0 Å². The van der Waals surface area contributed by atoms with Crippen molar-refractivity contribution in [3.63, 3.8) is 0 Å². The molecule has 2 heteroatoms. The van der Waals surface area contributed by atoms with Crippen molar-refractivity contribution < 1.29 is 0 Å². The first-order valence-corrected chi connectivity index (χ1v) is 6.13. The molecule has 1 nitrogen and oxygen atoms in total. The van der Waals surface area contributed by atoms with Crippen molar-refractivity contribution in [2.75, 3.05) is 0 Å². The summed E-state index contributed by atoms with van der Waals surface area (Å²) in [4.78, 5) is 1.66. The van der Waals surface area contributed by atoms with Gasteiger partial charge in [0.1, 0.15) is 10.9 Å². The minimum Gasteiger partial charge on any atom is -0.192 e. The fourth-order valence-corrected chi connectivity index (χ4v) is 2.35. The van der Waals surface area contributed by atoms with Crippen molar-refractivity contribution in [1.29, 1.82) is 5.26 Å². The Balaban J connectivity index is 2.57. The zero-order valence-corrected chi connectivity index (χ0v) is 9.86. The van der Waals surface area contributed by atoms with E-state index in [0.717, 1.165) is 16.2 Å². The number of rotatable bonds is 5. The smallest absolute Gasteiger partial charge is 0.110 e. The number of thiophene rings is 1. The van der Waals surface area contributed by atoms with Gasteiger partial charge in [-0.05, 0) is 24.5 Å². The maximum Gasteiger partial charge on any atom is 0.110 e. The summed E-state index contributed by atoms with van der Waals surface area (Å²) in [7, 11) is 0. The van der Waals surface area contributed by atoms with E-state index in [4.69, 9.17) is 11.7 Å². The highest BCUT2D eigenvalue weighted by Crippen LogP contribution is 2.22. The van der Waals surface area contributed by atoms with E-state index in [0.29, 0.717) is 0 Å². The van der Waals surface area contributed by atoms with E-state index in [1.807, 2.05) is 6.07 Å². The summed E-state index contributed by atoms with van der Waals surface area (Å²) in [5.41, 5.74) is 1.18. The molecule has 0 fully saturated rings. The zero-order valence-electron chi connectivity index (χ0n) is 9.05. The summed E-state index contributed by atoms with van der Waals surface area (Å²) in [6.45, 7) is 2.20. The molecule has 0 radical (unpaired) electrons. The van der Waals surface area contributed by atoms with Gasteiger partial charge in [0.25, 0.3) is 0 Å². The molecular weight excluding hydrogens is 202 g/mol. The van der Waals surface area contributed by atoms with Crippen LogP contribution in [0, 0.1) is 23.7 Å². The third-order valence-corrected chi connectivity index (χ3v) is 3.36. The predicted molar refractivity (Wildman–Crippen MR) is 64.8 cm³/mol. The van der Waals surface area contributed by atoms with Gasteiger partial charge in [-0.1, -0.05) is 32.1 Å². The van der Waals surface area contributed by atoms with Crippen molar-refractivity contribution in [2.24, 2.45) is 0 Å². The molecule has 1 heterocycles. The van der Waals surface area contributed by atoms with Gasteiger partial charge in [0, 0.05) is 0 Å². The standard InChI is InChI=1S/C13H15NS/c1-3-5-6-7-8-11-9-12(10-14)15-13(11)4-2/h2,9H,3,5-8H2,1H3. The van der Waals surface area contributed by atoms with E-state index >= 15 is 0 Å². The van der Waals surface area contributed by atoms with Crippen molar-refractivity contribution in [3.8, 4) is 18.4 Å². The number of hydrogen-bond donors (Lipinski definition) is 0. The number of nitrogens with zero attached hydrogens (tertiary/aromatic N) is 1. The lowest BCUT2D eigenvalue weighted by Crippen LogP contribution is -1.85. The first kappa shape index (κ1) is 11.8. The molecule has 0 unspecified atom stereocenters. The number of terminal acetylenes is 1. The van der Waals surface area contributed by atoms with Gasteiger partial charge in [0.15, 0.2) is 0 Å². The van der Waals surface area contributed by atoms with Crippen LogP contribution in [-0.2, 0) is 6.42 Å². The molecule has 0 atom stereocenters. The summed E-state index contributed by atoms with van der Waals surface area (Å²) in [5.74, 6) is 2.66. The summed E-state index contributed by atoms with van der Waals surface area (Å²) < 4.78 is 0. The lowest BCUT2D eigenvalue weighted by atomic mass is 10.1. The molecule has 0 aliphatic rings. The molecule has 0 saturated heterocycles. The van der Waals surface area contributed by atoms with Crippen LogP contribution in [0.15, 0.2) is 6.07 Å². The molecular formula is C13H15NS. The summed E-state index contributed by atoms with van der Waals surface area (Å²) in [6.07, 6.45) is 11.4.